The lowest BCUT2D eigenvalue weighted by molar-refractivity contribution is 0.0882. The minimum atomic E-state index is -0.293. The van der Waals surface area contributed by atoms with Gasteiger partial charge in [-0.05, 0) is 54.7 Å². The molecule has 1 aromatic heterocycles. The van der Waals surface area contributed by atoms with Gasteiger partial charge in [-0.1, -0.05) is 48.0 Å². The lowest BCUT2D eigenvalue weighted by Crippen LogP contribution is -2.48. The first-order valence-electron chi connectivity index (χ1n) is 9.06. The molecule has 3 aromatic rings. The van der Waals surface area contributed by atoms with E-state index in [1.807, 2.05) is 54.1 Å². The van der Waals surface area contributed by atoms with Crippen LogP contribution in [0.25, 0.3) is 5.69 Å². The summed E-state index contributed by atoms with van der Waals surface area (Å²) in [7, 11) is 0. The third kappa shape index (κ3) is 3.21. The minimum absolute atomic E-state index is 0.103. The Bertz CT molecular complexity index is 1010. The van der Waals surface area contributed by atoms with E-state index >= 15 is 0 Å². The Labute approximate surface area is 167 Å². The summed E-state index contributed by atoms with van der Waals surface area (Å²) in [5.74, 6) is 0.103. The van der Waals surface area contributed by atoms with E-state index in [-0.39, 0.29) is 17.2 Å². The van der Waals surface area contributed by atoms with Gasteiger partial charge in [0.15, 0.2) is 5.78 Å². The number of fused-ring (bicyclic) bond motifs is 1. The molecule has 0 aliphatic heterocycles. The van der Waals surface area contributed by atoms with Crippen molar-refractivity contribution in [1.82, 2.24) is 9.78 Å². The number of halogens is 1. The van der Waals surface area contributed by atoms with Crippen molar-refractivity contribution in [2.24, 2.45) is 5.41 Å². The molecule has 0 bridgehead atoms. The number of Topliss-reactive ketones (excluding diaryl/α,β-unsaturated/α-hetero) is 1. The van der Waals surface area contributed by atoms with E-state index in [2.05, 4.69) is 46.3 Å². The summed E-state index contributed by atoms with van der Waals surface area (Å²) < 4.78 is 2.93. The summed E-state index contributed by atoms with van der Waals surface area (Å²) in [4.78, 5) is 13.3. The van der Waals surface area contributed by atoms with Gasteiger partial charge in [-0.15, -0.1) is 0 Å². The highest BCUT2D eigenvalue weighted by Crippen LogP contribution is 2.38. The molecule has 4 rings (SSSR count). The van der Waals surface area contributed by atoms with Gasteiger partial charge in [0.05, 0.1) is 29.2 Å². The average Bonchev–Trinajstić information content (AvgIpc) is 3.04. The largest absolute Gasteiger partial charge is 0.374 e. The van der Waals surface area contributed by atoms with Crippen molar-refractivity contribution in [3.63, 3.8) is 0 Å². The van der Waals surface area contributed by atoms with Crippen molar-refractivity contribution in [2.45, 2.75) is 33.2 Å². The predicted molar refractivity (Wildman–Crippen MR) is 112 cm³/mol. The summed E-state index contributed by atoms with van der Waals surface area (Å²) in [6.07, 6.45) is 2.49. The first-order valence-corrected chi connectivity index (χ1v) is 9.85. The van der Waals surface area contributed by atoms with E-state index in [0.717, 1.165) is 33.5 Å². The number of nitrogens with zero attached hydrogens (tertiary/aromatic N) is 2. The van der Waals surface area contributed by atoms with E-state index in [4.69, 9.17) is 0 Å². The number of aromatic nitrogens is 2. The number of carbonyl (C=O) groups is 1. The first-order chi connectivity index (χ1) is 12.9. The average molecular weight is 424 g/mol. The number of ketones is 1. The highest BCUT2D eigenvalue weighted by Gasteiger charge is 2.43. The van der Waals surface area contributed by atoms with E-state index in [0.29, 0.717) is 5.56 Å². The maximum Gasteiger partial charge on any atom is 0.189 e. The van der Waals surface area contributed by atoms with Crippen molar-refractivity contribution in [3.05, 3.63) is 76.0 Å². The van der Waals surface area contributed by atoms with Crippen LogP contribution >= 0.6 is 15.9 Å². The number of hydrogen-bond donors (Lipinski definition) is 1. The summed E-state index contributed by atoms with van der Waals surface area (Å²) in [6, 6.07) is 15.8. The predicted octanol–water partition coefficient (Wildman–Crippen LogP) is 5.19. The summed E-state index contributed by atoms with van der Waals surface area (Å²) in [6.45, 7) is 6.33. The molecule has 1 N–H and O–H groups in total. The third-order valence-corrected chi connectivity index (χ3v) is 5.78. The van der Waals surface area contributed by atoms with Gasteiger partial charge in [-0.2, -0.15) is 5.10 Å². The van der Waals surface area contributed by atoms with Crippen LogP contribution in [0.4, 0.5) is 5.69 Å². The lowest BCUT2D eigenvalue weighted by Gasteiger charge is -2.38. The smallest absolute Gasteiger partial charge is 0.189 e. The van der Waals surface area contributed by atoms with E-state index < -0.39 is 0 Å². The van der Waals surface area contributed by atoms with Crippen molar-refractivity contribution in [3.8, 4) is 5.69 Å². The second-order valence-corrected chi connectivity index (χ2v) is 8.73. The number of aryl methyl sites for hydroxylation is 1. The minimum Gasteiger partial charge on any atom is -0.374 e. The van der Waals surface area contributed by atoms with Crippen LogP contribution in [0, 0.1) is 12.3 Å². The van der Waals surface area contributed by atoms with E-state index in [1.165, 1.54) is 0 Å². The fourth-order valence-electron chi connectivity index (χ4n) is 3.79. The number of anilines is 1. The molecular weight excluding hydrogens is 402 g/mol. The zero-order valence-corrected chi connectivity index (χ0v) is 17.2. The molecule has 4 nitrogen and oxygen atoms in total. The SMILES string of the molecule is Cc1cc(Br)ccc1NC1C(=O)c2cnn(-c3ccccc3)c2CC1(C)C. The third-order valence-electron chi connectivity index (χ3n) is 5.29. The van der Waals surface area contributed by atoms with Crippen LogP contribution < -0.4 is 5.32 Å². The maximum atomic E-state index is 13.3. The molecule has 1 aliphatic carbocycles. The topological polar surface area (TPSA) is 46.9 Å². The van der Waals surface area contributed by atoms with Crippen LogP contribution in [-0.2, 0) is 6.42 Å². The lowest BCUT2D eigenvalue weighted by atomic mass is 9.72. The van der Waals surface area contributed by atoms with Crippen molar-refractivity contribution in [2.75, 3.05) is 5.32 Å². The zero-order valence-electron chi connectivity index (χ0n) is 15.7. The normalized spacial score (nSPS) is 18.2. The van der Waals surface area contributed by atoms with Crippen LogP contribution in [0.5, 0.6) is 0 Å². The quantitative estimate of drug-likeness (QED) is 0.630. The number of rotatable bonds is 3. The highest BCUT2D eigenvalue weighted by atomic mass is 79.9. The molecule has 27 heavy (non-hydrogen) atoms. The van der Waals surface area contributed by atoms with E-state index in [9.17, 15) is 4.79 Å². The number of para-hydroxylation sites is 1. The van der Waals surface area contributed by atoms with Crippen LogP contribution in [0.3, 0.4) is 0 Å². The Morgan fingerprint density at radius 2 is 1.93 bits per heavy atom. The van der Waals surface area contributed by atoms with Gasteiger partial charge in [0, 0.05) is 10.2 Å². The molecular formula is C22H22BrN3O. The molecule has 0 saturated carbocycles. The van der Waals surface area contributed by atoms with Gasteiger partial charge in [0.25, 0.3) is 0 Å². The number of benzene rings is 2. The fraction of sp³-hybridized carbons (Fsp3) is 0.273. The Morgan fingerprint density at radius 1 is 1.19 bits per heavy atom. The van der Waals surface area contributed by atoms with Gasteiger partial charge in [-0.3, -0.25) is 4.79 Å². The maximum absolute atomic E-state index is 13.3. The zero-order chi connectivity index (χ0) is 19.2. The van der Waals surface area contributed by atoms with Gasteiger partial charge in [-0.25, -0.2) is 4.68 Å². The molecule has 2 aromatic carbocycles. The van der Waals surface area contributed by atoms with Gasteiger partial charge >= 0.3 is 0 Å². The Morgan fingerprint density at radius 3 is 2.63 bits per heavy atom. The Hall–Kier alpha value is -2.40. The van der Waals surface area contributed by atoms with Crippen LogP contribution in [-0.4, -0.2) is 21.6 Å². The molecule has 1 unspecified atom stereocenters. The standard InChI is InChI=1S/C22H22BrN3O/c1-14-11-15(23)9-10-18(14)25-21-20(27)17-13-24-26(16-7-5-4-6-8-16)19(17)12-22(21,2)3/h4-11,13,21,25H,12H2,1-3H3. The summed E-state index contributed by atoms with van der Waals surface area (Å²) in [5.41, 5.74) is 4.54. The molecule has 1 aliphatic rings. The molecule has 138 valence electrons. The fourth-order valence-corrected chi connectivity index (χ4v) is 4.27. The molecule has 0 fully saturated rings. The van der Waals surface area contributed by atoms with Gasteiger partial charge in [0.1, 0.15) is 0 Å². The molecule has 0 spiro atoms. The van der Waals surface area contributed by atoms with Crippen molar-refractivity contribution >= 4 is 27.4 Å². The second-order valence-electron chi connectivity index (χ2n) is 7.82. The van der Waals surface area contributed by atoms with Crippen LogP contribution in [0.15, 0.2) is 59.2 Å². The summed E-state index contributed by atoms with van der Waals surface area (Å²) >= 11 is 3.50. The second kappa shape index (κ2) is 6.64. The molecule has 5 heteroatoms. The van der Waals surface area contributed by atoms with Crippen LogP contribution in [0.2, 0.25) is 0 Å². The van der Waals surface area contributed by atoms with E-state index in [1.54, 1.807) is 6.20 Å². The highest BCUT2D eigenvalue weighted by molar-refractivity contribution is 9.10. The molecule has 0 amide bonds. The van der Waals surface area contributed by atoms with Crippen molar-refractivity contribution < 1.29 is 4.79 Å². The van der Waals surface area contributed by atoms with Gasteiger partial charge in [0.2, 0.25) is 0 Å². The number of nitrogens with one attached hydrogen (secondary N) is 1. The first kappa shape index (κ1) is 18.0. The Kier molecular flexibility index (Phi) is 4.42. The molecule has 1 heterocycles. The molecule has 0 saturated heterocycles. The summed E-state index contributed by atoms with van der Waals surface area (Å²) in [5, 5.41) is 8.02. The number of hydrogen-bond acceptors (Lipinski definition) is 3. The monoisotopic (exact) mass is 423 g/mol. The molecule has 1 atom stereocenters. The van der Waals surface area contributed by atoms with Crippen LogP contribution in [0.1, 0.15) is 35.5 Å². The van der Waals surface area contributed by atoms with Crippen molar-refractivity contribution in [1.29, 1.82) is 0 Å². The molecule has 0 radical (unpaired) electrons. The number of carbonyl (C=O) groups excluding carboxylic acids is 1. The van der Waals surface area contributed by atoms with Gasteiger partial charge < -0.3 is 5.32 Å². The Balaban J connectivity index is 1.72.